The molecule has 0 N–H and O–H groups in total. The van der Waals surface area contributed by atoms with E-state index in [4.69, 9.17) is 9.47 Å². The van der Waals surface area contributed by atoms with Gasteiger partial charge in [0.2, 0.25) is 0 Å². The van der Waals surface area contributed by atoms with E-state index in [2.05, 4.69) is 132 Å². The average Bonchev–Trinajstić information content (AvgIpc) is 3.11. The van der Waals surface area contributed by atoms with Crippen LogP contribution in [0.1, 0.15) is 0 Å². The summed E-state index contributed by atoms with van der Waals surface area (Å²) in [6.07, 6.45) is 0. The fourth-order valence-corrected chi connectivity index (χ4v) is 6.57. The third-order valence-corrected chi connectivity index (χ3v) is 8.69. The SMILES string of the molecule is c1ccc(N(c2ccc(-c3ccc4c(c3)Oc3ccccc3O4)cc2)c2ccc3c4ccccc4c4ccccc4c3c2)cc1. The van der Waals surface area contributed by atoms with Gasteiger partial charge in [-0.05, 0) is 104 Å². The second kappa shape index (κ2) is 10.3. The van der Waals surface area contributed by atoms with Gasteiger partial charge in [-0.3, -0.25) is 0 Å². The molecule has 0 bridgehead atoms. The second-order valence-corrected chi connectivity index (χ2v) is 11.4. The van der Waals surface area contributed by atoms with Crippen LogP contribution >= 0.6 is 0 Å². The van der Waals surface area contributed by atoms with Gasteiger partial charge in [-0.25, -0.2) is 0 Å². The maximum absolute atomic E-state index is 6.18. The van der Waals surface area contributed by atoms with Crippen molar-refractivity contribution in [3.8, 4) is 34.1 Å². The molecule has 0 atom stereocenters. The molecule has 8 aromatic carbocycles. The van der Waals surface area contributed by atoms with Gasteiger partial charge in [0.05, 0.1) is 0 Å². The molecule has 1 aliphatic heterocycles. The molecule has 0 aliphatic carbocycles. The predicted octanol–water partition coefficient (Wildman–Crippen LogP) is 12.2. The summed E-state index contributed by atoms with van der Waals surface area (Å²) in [6, 6.07) is 57.4. The minimum atomic E-state index is 0.720. The van der Waals surface area contributed by atoms with E-state index in [1.807, 2.05) is 36.4 Å². The number of hydrogen-bond donors (Lipinski definition) is 0. The van der Waals surface area contributed by atoms with Crippen molar-refractivity contribution in [3.05, 3.63) is 164 Å². The van der Waals surface area contributed by atoms with Crippen LogP contribution in [0.4, 0.5) is 17.1 Å². The number of anilines is 3. The van der Waals surface area contributed by atoms with Gasteiger partial charge in [0, 0.05) is 17.1 Å². The Balaban J connectivity index is 1.14. The molecular weight excluding hydrogens is 550 g/mol. The maximum atomic E-state index is 6.18. The van der Waals surface area contributed by atoms with E-state index in [1.165, 1.54) is 32.3 Å². The first-order valence-corrected chi connectivity index (χ1v) is 15.2. The van der Waals surface area contributed by atoms with E-state index in [9.17, 15) is 0 Å². The molecule has 212 valence electrons. The third-order valence-electron chi connectivity index (χ3n) is 8.69. The summed E-state index contributed by atoms with van der Waals surface area (Å²) < 4.78 is 12.2. The van der Waals surface area contributed by atoms with Crippen molar-refractivity contribution in [2.45, 2.75) is 0 Å². The first kappa shape index (κ1) is 25.4. The molecule has 8 aromatic rings. The zero-order chi connectivity index (χ0) is 29.7. The molecule has 45 heavy (non-hydrogen) atoms. The van der Waals surface area contributed by atoms with Crippen LogP contribution in [0.5, 0.6) is 23.0 Å². The Morgan fingerprint density at radius 2 is 0.756 bits per heavy atom. The van der Waals surface area contributed by atoms with Crippen LogP contribution < -0.4 is 14.4 Å². The highest BCUT2D eigenvalue weighted by molar-refractivity contribution is 6.25. The van der Waals surface area contributed by atoms with Crippen molar-refractivity contribution in [2.75, 3.05) is 4.90 Å². The molecule has 3 nitrogen and oxygen atoms in total. The average molecular weight is 578 g/mol. The number of fused-ring (bicyclic) bond motifs is 8. The van der Waals surface area contributed by atoms with Crippen molar-refractivity contribution >= 4 is 49.4 Å². The van der Waals surface area contributed by atoms with E-state index in [-0.39, 0.29) is 0 Å². The van der Waals surface area contributed by atoms with Crippen LogP contribution in [0.25, 0.3) is 43.4 Å². The normalized spacial score (nSPS) is 11.9. The second-order valence-electron chi connectivity index (χ2n) is 11.4. The standard InChI is InChI=1S/C42H27NO2/c1-2-10-30(11-3-1)43(32-23-24-37-35-14-5-4-12-33(35)34-13-6-7-15-36(34)38(37)27-32)31-21-18-28(19-22-31)29-20-25-41-42(26-29)45-40-17-9-8-16-39(40)44-41/h1-27H. The van der Waals surface area contributed by atoms with Crippen LogP contribution in [0, 0.1) is 0 Å². The van der Waals surface area contributed by atoms with Crippen molar-refractivity contribution < 1.29 is 9.47 Å². The Morgan fingerprint density at radius 3 is 1.42 bits per heavy atom. The van der Waals surface area contributed by atoms with Crippen molar-refractivity contribution in [1.29, 1.82) is 0 Å². The number of ether oxygens (including phenoxy) is 2. The van der Waals surface area contributed by atoms with Gasteiger partial charge in [0.15, 0.2) is 23.0 Å². The fraction of sp³-hybridized carbons (Fsp3) is 0. The lowest BCUT2D eigenvalue weighted by Crippen LogP contribution is -2.09. The molecule has 0 radical (unpaired) electrons. The molecule has 0 fully saturated rings. The van der Waals surface area contributed by atoms with E-state index < -0.39 is 0 Å². The van der Waals surface area contributed by atoms with Gasteiger partial charge in [-0.1, -0.05) is 103 Å². The zero-order valence-electron chi connectivity index (χ0n) is 24.4. The van der Waals surface area contributed by atoms with E-state index in [0.717, 1.165) is 51.2 Å². The van der Waals surface area contributed by atoms with Crippen LogP contribution in [-0.4, -0.2) is 0 Å². The van der Waals surface area contributed by atoms with Crippen LogP contribution in [-0.2, 0) is 0 Å². The van der Waals surface area contributed by atoms with Crippen LogP contribution in [0.3, 0.4) is 0 Å². The molecule has 9 rings (SSSR count). The minimum absolute atomic E-state index is 0.720. The Hall–Kier alpha value is -6.06. The highest BCUT2D eigenvalue weighted by Gasteiger charge is 2.19. The quantitative estimate of drug-likeness (QED) is 0.194. The van der Waals surface area contributed by atoms with Gasteiger partial charge in [-0.2, -0.15) is 0 Å². The smallest absolute Gasteiger partial charge is 0.170 e. The van der Waals surface area contributed by atoms with Gasteiger partial charge in [0.25, 0.3) is 0 Å². The highest BCUT2D eigenvalue weighted by atomic mass is 16.6. The van der Waals surface area contributed by atoms with Gasteiger partial charge in [0.1, 0.15) is 0 Å². The Bertz CT molecular complexity index is 2340. The largest absolute Gasteiger partial charge is 0.450 e. The molecule has 0 saturated carbocycles. The lowest BCUT2D eigenvalue weighted by Gasteiger charge is -2.26. The highest BCUT2D eigenvalue weighted by Crippen LogP contribution is 2.47. The van der Waals surface area contributed by atoms with Crippen LogP contribution in [0.2, 0.25) is 0 Å². The van der Waals surface area contributed by atoms with E-state index in [1.54, 1.807) is 0 Å². The lowest BCUT2D eigenvalue weighted by atomic mass is 9.94. The van der Waals surface area contributed by atoms with Crippen molar-refractivity contribution in [2.24, 2.45) is 0 Å². The molecule has 0 spiro atoms. The van der Waals surface area contributed by atoms with E-state index in [0.29, 0.717) is 0 Å². The predicted molar refractivity (Wildman–Crippen MR) is 186 cm³/mol. The monoisotopic (exact) mass is 577 g/mol. The summed E-state index contributed by atoms with van der Waals surface area (Å²) in [5, 5.41) is 7.60. The molecule has 1 heterocycles. The van der Waals surface area contributed by atoms with Crippen molar-refractivity contribution in [3.63, 3.8) is 0 Å². The van der Waals surface area contributed by atoms with E-state index >= 15 is 0 Å². The minimum Gasteiger partial charge on any atom is -0.450 e. The number of nitrogens with zero attached hydrogens (tertiary/aromatic N) is 1. The van der Waals surface area contributed by atoms with Gasteiger partial charge in [-0.15, -0.1) is 0 Å². The third kappa shape index (κ3) is 4.29. The Kier molecular flexibility index (Phi) is 5.82. The Morgan fingerprint density at radius 1 is 0.289 bits per heavy atom. The summed E-state index contributed by atoms with van der Waals surface area (Å²) in [6.45, 7) is 0. The van der Waals surface area contributed by atoms with Gasteiger partial charge >= 0.3 is 0 Å². The summed E-state index contributed by atoms with van der Waals surface area (Å²) in [7, 11) is 0. The fourth-order valence-electron chi connectivity index (χ4n) is 6.57. The summed E-state index contributed by atoms with van der Waals surface area (Å²) in [4.78, 5) is 2.33. The van der Waals surface area contributed by atoms with Crippen LogP contribution in [0.15, 0.2) is 164 Å². The summed E-state index contributed by atoms with van der Waals surface area (Å²) >= 11 is 0. The molecule has 3 heteroatoms. The molecular formula is C42H27NO2. The number of para-hydroxylation sites is 3. The molecule has 0 aromatic heterocycles. The topological polar surface area (TPSA) is 21.7 Å². The summed E-state index contributed by atoms with van der Waals surface area (Å²) in [5.41, 5.74) is 5.47. The number of benzene rings is 8. The molecule has 1 aliphatic rings. The summed E-state index contributed by atoms with van der Waals surface area (Å²) in [5.74, 6) is 2.91. The molecule has 0 amide bonds. The maximum Gasteiger partial charge on any atom is 0.170 e. The molecule has 0 unspecified atom stereocenters. The molecule has 0 saturated heterocycles. The lowest BCUT2D eigenvalue weighted by molar-refractivity contribution is 0.360. The zero-order valence-corrected chi connectivity index (χ0v) is 24.4. The Labute approximate surface area is 261 Å². The first-order chi connectivity index (χ1) is 22.3. The number of rotatable bonds is 4. The van der Waals surface area contributed by atoms with Gasteiger partial charge < -0.3 is 14.4 Å². The first-order valence-electron chi connectivity index (χ1n) is 15.2. The van der Waals surface area contributed by atoms with Crippen molar-refractivity contribution in [1.82, 2.24) is 0 Å². The number of hydrogen-bond acceptors (Lipinski definition) is 3.